The number of rotatable bonds is 5. The van der Waals surface area contributed by atoms with Gasteiger partial charge >= 0.3 is 5.97 Å². The number of nitrogen functional groups attached to an aromatic ring is 1. The van der Waals surface area contributed by atoms with Crippen molar-refractivity contribution in [2.75, 3.05) is 33.5 Å². The van der Waals surface area contributed by atoms with Gasteiger partial charge < -0.3 is 20.1 Å². The third kappa shape index (κ3) is 3.86. The number of methoxy groups -OCH3 is 1. The molecule has 0 aliphatic carbocycles. The summed E-state index contributed by atoms with van der Waals surface area (Å²) in [6, 6.07) is 4.99. The minimum Gasteiger partial charge on any atom is -0.492 e. The smallest absolute Gasteiger partial charge is 0.340 e. The van der Waals surface area contributed by atoms with Gasteiger partial charge in [-0.05, 0) is 46.1 Å². The lowest BCUT2D eigenvalue weighted by molar-refractivity contribution is 0.0601. The first-order valence-corrected chi connectivity index (χ1v) is 6.06. The maximum Gasteiger partial charge on any atom is 0.340 e. The van der Waals surface area contributed by atoms with Crippen molar-refractivity contribution in [3.8, 4) is 5.75 Å². The van der Waals surface area contributed by atoms with Crippen molar-refractivity contribution in [3.05, 3.63) is 23.8 Å². The molecule has 0 bridgehead atoms. The summed E-state index contributed by atoms with van der Waals surface area (Å²) in [7, 11) is 5.31. The van der Waals surface area contributed by atoms with Gasteiger partial charge in [0, 0.05) is 11.2 Å². The molecule has 0 aromatic heterocycles. The highest BCUT2D eigenvalue weighted by atomic mass is 16.5. The van der Waals surface area contributed by atoms with Crippen LogP contribution >= 0.6 is 0 Å². The number of nitrogens with zero attached hydrogens (tertiary/aromatic N) is 1. The number of anilines is 1. The van der Waals surface area contributed by atoms with Crippen molar-refractivity contribution >= 4 is 11.7 Å². The summed E-state index contributed by atoms with van der Waals surface area (Å²) in [5.74, 6) is 0.138. The van der Waals surface area contributed by atoms with Gasteiger partial charge in [0.1, 0.15) is 12.4 Å². The first kappa shape index (κ1) is 15.3. The summed E-state index contributed by atoms with van der Waals surface area (Å²) in [4.78, 5) is 13.6. The summed E-state index contributed by atoms with van der Waals surface area (Å²) >= 11 is 0. The number of benzene rings is 1. The normalized spacial score (nSPS) is 11.5. The summed E-state index contributed by atoms with van der Waals surface area (Å²) in [6.45, 7) is 4.65. The number of esters is 1. The lowest BCUT2D eigenvalue weighted by Gasteiger charge is -2.32. The predicted molar refractivity (Wildman–Crippen MR) is 75.5 cm³/mol. The number of ether oxygens (including phenoxy) is 2. The largest absolute Gasteiger partial charge is 0.492 e. The van der Waals surface area contributed by atoms with E-state index < -0.39 is 5.97 Å². The second kappa shape index (κ2) is 5.93. The highest BCUT2D eigenvalue weighted by Crippen LogP contribution is 2.22. The van der Waals surface area contributed by atoms with Crippen LogP contribution in [0.2, 0.25) is 0 Å². The molecule has 0 aliphatic rings. The fourth-order valence-electron chi connectivity index (χ4n) is 1.30. The van der Waals surface area contributed by atoms with Gasteiger partial charge in [0.25, 0.3) is 0 Å². The van der Waals surface area contributed by atoms with Gasteiger partial charge in [-0.1, -0.05) is 0 Å². The predicted octanol–water partition coefficient (Wildman–Crippen LogP) is 1.77. The van der Waals surface area contributed by atoms with E-state index in [9.17, 15) is 4.79 Å². The Bertz CT molecular complexity index is 456. The summed E-state index contributed by atoms with van der Waals surface area (Å²) in [5, 5.41) is 0. The molecule has 19 heavy (non-hydrogen) atoms. The van der Waals surface area contributed by atoms with E-state index in [4.69, 9.17) is 10.5 Å². The third-order valence-corrected chi connectivity index (χ3v) is 3.23. The molecule has 106 valence electrons. The van der Waals surface area contributed by atoms with Crippen LogP contribution in [0.3, 0.4) is 0 Å². The number of hydrogen-bond acceptors (Lipinski definition) is 5. The first-order chi connectivity index (χ1) is 8.77. The van der Waals surface area contributed by atoms with Crippen LogP contribution in [0.4, 0.5) is 5.69 Å². The van der Waals surface area contributed by atoms with Crippen molar-refractivity contribution in [1.82, 2.24) is 4.90 Å². The fraction of sp³-hybridized carbons (Fsp3) is 0.500. The van der Waals surface area contributed by atoms with Gasteiger partial charge in [0.2, 0.25) is 0 Å². The summed E-state index contributed by atoms with van der Waals surface area (Å²) < 4.78 is 10.4. The van der Waals surface area contributed by atoms with Crippen molar-refractivity contribution in [2.45, 2.75) is 19.4 Å². The van der Waals surface area contributed by atoms with Gasteiger partial charge in [-0.3, -0.25) is 0 Å². The monoisotopic (exact) mass is 266 g/mol. The van der Waals surface area contributed by atoms with Crippen LogP contribution in [0.1, 0.15) is 24.2 Å². The van der Waals surface area contributed by atoms with Gasteiger partial charge in [-0.25, -0.2) is 4.79 Å². The molecule has 0 spiro atoms. The molecule has 0 radical (unpaired) electrons. The van der Waals surface area contributed by atoms with Crippen molar-refractivity contribution < 1.29 is 14.3 Å². The SMILES string of the molecule is COC(=O)c1cc(OCC(C)(C)N(C)C)ccc1N. The maximum atomic E-state index is 11.5. The van der Waals surface area contributed by atoms with Crippen molar-refractivity contribution in [3.63, 3.8) is 0 Å². The Morgan fingerprint density at radius 1 is 1.37 bits per heavy atom. The molecule has 2 N–H and O–H groups in total. The van der Waals surface area contributed by atoms with Gasteiger partial charge in [0.15, 0.2) is 0 Å². The van der Waals surface area contributed by atoms with E-state index in [0.29, 0.717) is 23.6 Å². The zero-order chi connectivity index (χ0) is 14.6. The third-order valence-electron chi connectivity index (χ3n) is 3.23. The Kier molecular flexibility index (Phi) is 4.78. The standard InChI is InChI=1S/C14H22N2O3/c1-14(2,16(3)4)9-19-10-6-7-12(15)11(8-10)13(17)18-5/h6-8H,9,15H2,1-5H3. The molecule has 0 amide bonds. The molecule has 1 aromatic carbocycles. The quantitative estimate of drug-likeness (QED) is 0.650. The van der Waals surface area contributed by atoms with E-state index in [1.807, 2.05) is 14.1 Å². The molecule has 5 heteroatoms. The average Bonchev–Trinajstić information content (AvgIpc) is 2.36. The fourth-order valence-corrected chi connectivity index (χ4v) is 1.30. The molecule has 0 saturated carbocycles. The molecule has 1 aromatic rings. The molecule has 0 unspecified atom stereocenters. The maximum absolute atomic E-state index is 11.5. The number of likely N-dealkylation sites (N-methyl/N-ethyl adjacent to an activating group) is 1. The lowest BCUT2D eigenvalue weighted by Crippen LogP contribution is -2.43. The first-order valence-electron chi connectivity index (χ1n) is 6.06. The van der Waals surface area contributed by atoms with Crippen LogP contribution in [-0.2, 0) is 4.74 Å². The van der Waals surface area contributed by atoms with Crippen molar-refractivity contribution in [1.29, 1.82) is 0 Å². The Balaban J connectivity index is 2.84. The number of carbonyl (C=O) groups is 1. The van der Waals surface area contributed by atoms with E-state index in [1.54, 1.807) is 18.2 Å². The Labute approximate surface area is 114 Å². The number of carbonyl (C=O) groups excluding carboxylic acids is 1. The molecule has 0 saturated heterocycles. The van der Waals surface area contributed by atoms with Crippen LogP contribution in [0.15, 0.2) is 18.2 Å². The highest BCUT2D eigenvalue weighted by Gasteiger charge is 2.21. The number of nitrogens with two attached hydrogens (primary N) is 1. The molecule has 1 rings (SSSR count). The molecular formula is C14H22N2O3. The summed E-state index contributed by atoms with van der Waals surface area (Å²) in [6.07, 6.45) is 0. The van der Waals surface area contributed by atoms with Crippen LogP contribution in [0.5, 0.6) is 5.75 Å². The zero-order valence-electron chi connectivity index (χ0n) is 12.2. The molecule has 0 aliphatic heterocycles. The minimum atomic E-state index is -0.463. The molecule has 5 nitrogen and oxygen atoms in total. The summed E-state index contributed by atoms with van der Waals surface area (Å²) in [5.41, 5.74) is 6.33. The minimum absolute atomic E-state index is 0.104. The zero-order valence-corrected chi connectivity index (χ0v) is 12.2. The van der Waals surface area contributed by atoms with E-state index in [1.165, 1.54) is 7.11 Å². The molecule has 0 atom stereocenters. The molecule has 0 fully saturated rings. The topological polar surface area (TPSA) is 64.8 Å². The Hall–Kier alpha value is -1.75. The Morgan fingerprint density at radius 3 is 2.53 bits per heavy atom. The second-order valence-electron chi connectivity index (χ2n) is 5.24. The number of hydrogen-bond donors (Lipinski definition) is 1. The van der Waals surface area contributed by atoms with E-state index in [-0.39, 0.29) is 5.54 Å². The van der Waals surface area contributed by atoms with E-state index in [0.717, 1.165) is 0 Å². The Morgan fingerprint density at radius 2 is 2.00 bits per heavy atom. The lowest BCUT2D eigenvalue weighted by atomic mass is 10.1. The molecule has 0 heterocycles. The van der Waals surface area contributed by atoms with Crippen LogP contribution in [-0.4, -0.2) is 44.2 Å². The van der Waals surface area contributed by atoms with Gasteiger partial charge in [-0.2, -0.15) is 0 Å². The molecular weight excluding hydrogens is 244 g/mol. The van der Waals surface area contributed by atoms with Gasteiger partial charge in [0.05, 0.1) is 12.7 Å². The van der Waals surface area contributed by atoms with Crippen LogP contribution < -0.4 is 10.5 Å². The van der Waals surface area contributed by atoms with Crippen LogP contribution in [0.25, 0.3) is 0 Å². The highest BCUT2D eigenvalue weighted by molar-refractivity contribution is 5.95. The van der Waals surface area contributed by atoms with E-state index in [2.05, 4.69) is 23.5 Å². The van der Waals surface area contributed by atoms with Crippen LogP contribution in [0, 0.1) is 0 Å². The average molecular weight is 266 g/mol. The van der Waals surface area contributed by atoms with E-state index >= 15 is 0 Å². The van der Waals surface area contributed by atoms with Gasteiger partial charge in [-0.15, -0.1) is 0 Å². The second-order valence-corrected chi connectivity index (χ2v) is 5.24. The van der Waals surface area contributed by atoms with Crippen molar-refractivity contribution in [2.24, 2.45) is 0 Å².